The molecular formula is C16H23NO3. The molecule has 20 heavy (non-hydrogen) atoms. The summed E-state index contributed by atoms with van der Waals surface area (Å²) in [5, 5.41) is 3.36. The van der Waals surface area contributed by atoms with Crippen LogP contribution in [-0.2, 0) is 9.53 Å². The number of ether oxygens (including phenoxy) is 2. The van der Waals surface area contributed by atoms with Crippen LogP contribution < -0.4 is 10.1 Å². The summed E-state index contributed by atoms with van der Waals surface area (Å²) in [7, 11) is 1.66. The van der Waals surface area contributed by atoms with Gasteiger partial charge in [-0.1, -0.05) is 12.1 Å². The van der Waals surface area contributed by atoms with E-state index < -0.39 is 5.60 Å². The van der Waals surface area contributed by atoms with Crippen molar-refractivity contribution in [2.45, 2.75) is 45.1 Å². The number of nitrogens with one attached hydrogen (secondary N) is 1. The van der Waals surface area contributed by atoms with Crippen LogP contribution in [-0.4, -0.2) is 25.2 Å². The highest BCUT2D eigenvalue weighted by atomic mass is 16.6. The fourth-order valence-corrected chi connectivity index (χ4v) is 2.57. The molecule has 1 aromatic rings. The second kappa shape index (κ2) is 5.73. The van der Waals surface area contributed by atoms with Crippen LogP contribution in [0.3, 0.4) is 0 Å². The molecule has 4 heteroatoms. The number of carbonyl (C=O) groups excluding carboxylic acids is 1. The minimum absolute atomic E-state index is 0.141. The average molecular weight is 277 g/mol. The lowest BCUT2D eigenvalue weighted by molar-refractivity contribution is -0.155. The zero-order valence-corrected chi connectivity index (χ0v) is 12.7. The van der Waals surface area contributed by atoms with Gasteiger partial charge in [-0.05, 0) is 44.7 Å². The molecule has 1 atom stereocenters. The molecule has 2 rings (SSSR count). The Morgan fingerprint density at radius 2 is 2.15 bits per heavy atom. The van der Waals surface area contributed by atoms with E-state index in [1.807, 2.05) is 32.9 Å². The van der Waals surface area contributed by atoms with E-state index in [1.54, 1.807) is 7.11 Å². The van der Waals surface area contributed by atoms with Gasteiger partial charge in [-0.3, -0.25) is 4.79 Å². The third-order valence-electron chi connectivity index (χ3n) is 3.35. The number of rotatable bonds is 3. The minimum atomic E-state index is -0.429. The first kappa shape index (κ1) is 14.7. The molecule has 110 valence electrons. The molecular weight excluding hydrogens is 254 g/mol. The Morgan fingerprint density at radius 3 is 2.80 bits per heavy atom. The van der Waals surface area contributed by atoms with E-state index in [9.17, 15) is 4.79 Å². The first-order chi connectivity index (χ1) is 9.40. The van der Waals surface area contributed by atoms with Crippen LogP contribution in [0.4, 0.5) is 5.69 Å². The molecule has 1 unspecified atom stereocenters. The van der Waals surface area contributed by atoms with Gasteiger partial charge in [0, 0.05) is 6.54 Å². The Balaban J connectivity index is 2.15. The third kappa shape index (κ3) is 3.44. The van der Waals surface area contributed by atoms with E-state index in [0.717, 1.165) is 30.0 Å². The predicted molar refractivity (Wildman–Crippen MR) is 79.3 cm³/mol. The van der Waals surface area contributed by atoms with Crippen LogP contribution >= 0.6 is 0 Å². The zero-order valence-electron chi connectivity index (χ0n) is 12.7. The molecule has 0 amide bonds. The van der Waals surface area contributed by atoms with Crippen LogP contribution in [0.15, 0.2) is 18.2 Å². The van der Waals surface area contributed by atoms with Crippen molar-refractivity contribution >= 4 is 11.7 Å². The number of para-hydroxylation sites is 1. The van der Waals surface area contributed by atoms with Crippen molar-refractivity contribution in [2.24, 2.45) is 0 Å². The van der Waals surface area contributed by atoms with Crippen molar-refractivity contribution in [3.8, 4) is 5.75 Å². The number of hydrogen-bond acceptors (Lipinski definition) is 4. The van der Waals surface area contributed by atoms with Crippen molar-refractivity contribution in [1.82, 2.24) is 0 Å². The van der Waals surface area contributed by atoms with Gasteiger partial charge >= 0.3 is 5.97 Å². The summed E-state index contributed by atoms with van der Waals surface area (Å²) in [6, 6.07) is 5.95. The molecule has 1 N–H and O–H groups in total. The Kier molecular flexibility index (Phi) is 4.21. The van der Waals surface area contributed by atoms with Gasteiger partial charge < -0.3 is 14.8 Å². The molecule has 4 nitrogen and oxygen atoms in total. The normalized spacial score (nSPS) is 17.9. The van der Waals surface area contributed by atoms with E-state index in [2.05, 4.69) is 11.4 Å². The topological polar surface area (TPSA) is 47.6 Å². The molecule has 0 radical (unpaired) electrons. The summed E-state index contributed by atoms with van der Waals surface area (Å²) in [6.45, 7) is 6.53. The quantitative estimate of drug-likeness (QED) is 0.861. The number of fused-ring (bicyclic) bond motifs is 1. The first-order valence-corrected chi connectivity index (χ1v) is 7.03. The second-order valence-corrected chi connectivity index (χ2v) is 6.13. The van der Waals surface area contributed by atoms with Crippen LogP contribution in [0, 0.1) is 0 Å². The molecule has 0 saturated heterocycles. The highest BCUT2D eigenvalue weighted by Gasteiger charge is 2.26. The Labute approximate surface area is 120 Å². The summed E-state index contributed by atoms with van der Waals surface area (Å²) in [4.78, 5) is 12.0. The molecule has 1 aromatic carbocycles. The highest BCUT2D eigenvalue weighted by Crippen LogP contribution is 2.39. The van der Waals surface area contributed by atoms with E-state index in [-0.39, 0.29) is 11.9 Å². The third-order valence-corrected chi connectivity index (χ3v) is 3.35. The lowest BCUT2D eigenvalue weighted by atomic mass is 9.88. The lowest BCUT2D eigenvalue weighted by Gasteiger charge is -2.28. The summed E-state index contributed by atoms with van der Waals surface area (Å²) in [5.74, 6) is 0.880. The van der Waals surface area contributed by atoms with E-state index in [0.29, 0.717) is 6.42 Å². The largest absolute Gasteiger partial charge is 0.495 e. The molecule has 1 aliphatic heterocycles. The van der Waals surface area contributed by atoms with Gasteiger partial charge in [0.15, 0.2) is 0 Å². The van der Waals surface area contributed by atoms with Crippen molar-refractivity contribution in [2.75, 3.05) is 19.0 Å². The molecule has 1 heterocycles. The maximum Gasteiger partial charge on any atom is 0.306 e. The van der Waals surface area contributed by atoms with Crippen LogP contribution in [0.1, 0.15) is 45.1 Å². The number of benzene rings is 1. The predicted octanol–water partition coefficient (Wildman–Crippen LogP) is 3.33. The minimum Gasteiger partial charge on any atom is -0.495 e. The fraction of sp³-hybridized carbons (Fsp3) is 0.562. The van der Waals surface area contributed by atoms with E-state index in [1.165, 1.54) is 0 Å². The zero-order chi connectivity index (χ0) is 14.8. The van der Waals surface area contributed by atoms with Crippen molar-refractivity contribution < 1.29 is 14.3 Å². The van der Waals surface area contributed by atoms with E-state index >= 15 is 0 Å². The number of carbonyl (C=O) groups is 1. The number of anilines is 1. The van der Waals surface area contributed by atoms with Crippen LogP contribution in [0.5, 0.6) is 5.75 Å². The average Bonchev–Trinajstić information content (AvgIpc) is 2.36. The smallest absolute Gasteiger partial charge is 0.306 e. The Hall–Kier alpha value is -1.71. The standard InChI is InChI=1S/C16H23NO3/c1-16(2,3)20-14(18)10-11-8-9-17-15-12(11)6-5-7-13(15)19-4/h5-7,11,17H,8-10H2,1-4H3. The number of esters is 1. The maximum atomic E-state index is 12.0. The highest BCUT2D eigenvalue weighted by molar-refractivity contribution is 5.73. The molecule has 0 saturated carbocycles. The van der Waals surface area contributed by atoms with Gasteiger partial charge in [0.25, 0.3) is 0 Å². The summed E-state index contributed by atoms with van der Waals surface area (Å²) >= 11 is 0. The Morgan fingerprint density at radius 1 is 1.40 bits per heavy atom. The second-order valence-electron chi connectivity index (χ2n) is 6.13. The fourth-order valence-electron chi connectivity index (χ4n) is 2.57. The Bertz CT molecular complexity index is 491. The first-order valence-electron chi connectivity index (χ1n) is 7.03. The van der Waals surface area contributed by atoms with E-state index in [4.69, 9.17) is 9.47 Å². The molecule has 1 aliphatic rings. The molecule has 0 aliphatic carbocycles. The maximum absolute atomic E-state index is 12.0. The van der Waals surface area contributed by atoms with Crippen molar-refractivity contribution in [3.05, 3.63) is 23.8 Å². The van der Waals surface area contributed by atoms with Gasteiger partial charge in [0.1, 0.15) is 11.4 Å². The number of hydrogen-bond donors (Lipinski definition) is 1. The van der Waals surface area contributed by atoms with Crippen LogP contribution in [0.25, 0.3) is 0 Å². The van der Waals surface area contributed by atoms with Gasteiger partial charge in [-0.15, -0.1) is 0 Å². The van der Waals surface area contributed by atoms with Crippen molar-refractivity contribution in [1.29, 1.82) is 0 Å². The molecule has 0 aromatic heterocycles. The SMILES string of the molecule is COc1cccc2c1NCCC2CC(=O)OC(C)(C)C. The van der Waals surface area contributed by atoms with Gasteiger partial charge in [0.05, 0.1) is 19.2 Å². The number of methoxy groups -OCH3 is 1. The van der Waals surface area contributed by atoms with Gasteiger partial charge in [-0.25, -0.2) is 0 Å². The summed E-state index contributed by atoms with van der Waals surface area (Å²) in [6.07, 6.45) is 1.35. The molecule has 0 spiro atoms. The van der Waals surface area contributed by atoms with Crippen molar-refractivity contribution in [3.63, 3.8) is 0 Å². The summed E-state index contributed by atoms with van der Waals surface area (Å²) in [5.41, 5.74) is 1.72. The molecule has 0 bridgehead atoms. The molecule has 0 fully saturated rings. The van der Waals surface area contributed by atoms with Gasteiger partial charge in [-0.2, -0.15) is 0 Å². The van der Waals surface area contributed by atoms with Crippen LogP contribution in [0.2, 0.25) is 0 Å². The lowest BCUT2D eigenvalue weighted by Crippen LogP contribution is -2.26. The van der Waals surface area contributed by atoms with Gasteiger partial charge in [0.2, 0.25) is 0 Å². The monoisotopic (exact) mass is 277 g/mol. The summed E-state index contributed by atoms with van der Waals surface area (Å²) < 4.78 is 10.8.